The minimum Gasteiger partial charge on any atom is -0.497 e. The molecule has 2 rings (SSSR count). The van der Waals surface area contributed by atoms with Crippen molar-refractivity contribution in [2.24, 2.45) is 5.92 Å². The zero-order valence-corrected chi connectivity index (χ0v) is 12.8. The van der Waals surface area contributed by atoms with Gasteiger partial charge in [0, 0.05) is 16.6 Å². The van der Waals surface area contributed by atoms with Crippen LogP contribution in [0.25, 0.3) is 0 Å². The zero-order chi connectivity index (χ0) is 13.0. The molecule has 0 spiro atoms. The van der Waals surface area contributed by atoms with Gasteiger partial charge in [-0.15, -0.1) is 0 Å². The number of nitrogens with one attached hydrogen (secondary N) is 1. The maximum Gasteiger partial charge on any atom is 0.121 e. The van der Waals surface area contributed by atoms with E-state index in [4.69, 9.17) is 4.74 Å². The highest BCUT2D eigenvalue weighted by Gasteiger charge is 2.16. The molecule has 3 heteroatoms. The lowest BCUT2D eigenvalue weighted by atomic mass is 10.0. The lowest BCUT2D eigenvalue weighted by Crippen LogP contribution is -2.18. The second kappa shape index (κ2) is 6.46. The molecule has 1 fully saturated rings. The lowest BCUT2D eigenvalue weighted by Gasteiger charge is -2.19. The molecule has 0 aliphatic heterocycles. The van der Waals surface area contributed by atoms with Gasteiger partial charge in [0.2, 0.25) is 0 Å². The Balaban J connectivity index is 2.03. The summed E-state index contributed by atoms with van der Waals surface area (Å²) in [5.74, 6) is 1.79. The summed E-state index contributed by atoms with van der Waals surface area (Å²) in [6, 6.07) is 6.68. The largest absolute Gasteiger partial charge is 0.497 e. The molecule has 0 amide bonds. The first-order valence-corrected chi connectivity index (χ1v) is 7.58. The highest BCUT2D eigenvalue weighted by atomic mass is 79.9. The number of anilines is 1. The highest BCUT2D eigenvalue weighted by Crippen LogP contribution is 2.30. The number of rotatable bonds is 3. The van der Waals surface area contributed by atoms with Gasteiger partial charge in [0.15, 0.2) is 0 Å². The summed E-state index contributed by atoms with van der Waals surface area (Å²) in [4.78, 5) is 0. The molecule has 1 aromatic rings. The van der Waals surface area contributed by atoms with E-state index in [1.54, 1.807) is 7.11 Å². The van der Waals surface area contributed by atoms with Gasteiger partial charge in [0.25, 0.3) is 0 Å². The maximum atomic E-state index is 5.28. The predicted octanol–water partition coefficient (Wildman–Crippen LogP) is 4.84. The molecule has 1 aliphatic rings. The Bertz CT molecular complexity index is 394. The molecule has 2 atom stereocenters. The van der Waals surface area contributed by atoms with Crippen molar-refractivity contribution in [3.05, 3.63) is 22.7 Å². The van der Waals surface area contributed by atoms with Crippen LogP contribution in [-0.4, -0.2) is 13.2 Å². The number of hydrogen-bond acceptors (Lipinski definition) is 2. The van der Waals surface area contributed by atoms with Crippen LogP contribution < -0.4 is 10.1 Å². The van der Waals surface area contributed by atoms with Crippen LogP contribution in [0.4, 0.5) is 5.69 Å². The molecule has 0 aromatic heterocycles. The topological polar surface area (TPSA) is 21.3 Å². The van der Waals surface area contributed by atoms with Gasteiger partial charge in [0.1, 0.15) is 5.75 Å². The summed E-state index contributed by atoms with van der Waals surface area (Å²) in [6.45, 7) is 2.36. The van der Waals surface area contributed by atoms with Crippen LogP contribution in [0.2, 0.25) is 0 Å². The van der Waals surface area contributed by atoms with Crippen LogP contribution >= 0.6 is 15.9 Å². The van der Waals surface area contributed by atoms with Crippen LogP contribution in [0.1, 0.15) is 39.0 Å². The number of ether oxygens (including phenoxy) is 1. The van der Waals surface area contributed by atoms with Crippen LogP contribution in [0.3, 0.4) is 0 Å². The standard InChI is InChI=1S/C15H22BrNO/c1-11-4-3-5-12(7-6-11)17-15-10-13(18-2)8-9-14(15)16/h8-12,17H,3-7H2,1-2H3. The summed E-state index contributed by atoms with van der Waals surface area (Å²) < 4.78 is 6.39. The first-order valence-electron chi connectivity index (χ1n) is 6.79. The van der Waals surface area contributed by atoms with Crippen molar-refractivity contribution in [1.82, 2.24) is 0 Å². The van der Waals surface area contributed by atoms with Crippen molar-refractivity contribution in [1.29, 1.82) is 0 Å². The average Bonchev–Trinajstić information content (AvgIpc) is 2.57. The third-order valence-electron chi connectivity index (χ3n) is 3.79. The Labute approximate surface area is 118 Å². The van der Waals surface area contributed by atoms with Crippen LogP contribution in [0.5, 0.6) is 5.75 Å². The van der Waals surface area contributed by atoms with Gasteiger partial charge in [-0.05, 0) is 53.2 Å². The molecule has 2 nitrogen and oxygen atoms in total. The van der Waals surface area contributed by atoms with E-state index in [2.05, 4.69) is 34.2 Å². The zero-order valence-electron chi connectivity index (χ0n) is 11.2. The van der Waals surface area contributed by atoms with E-state index in [-0.39, 0.29) is 0 Å². The van der Waals surface area contributed by atoms with Gasteiger partial charge in [-0.1, -0.05) is 19.8 Å². The summed E-state index contributed by atoms with van der Waals surface area (Å²) >= 11 is 3.60. The SMILES string of the molecule is COc1ccc(Br)c(NC2CCCC(C)CC2)c1. The molecular weight excluding hydrogens is 290 g/mol. The van der Waals surface area contributed by atoms with Gasteiger partial charge in [-0.2, -0.15) is 0 Å². The molecule has 0 heterocycles. The monoisotopic (exact) mass is 311 g/mol. The van der Waals surface area contributed by atoms with Gasteiger partial charge in [-0.3, -0.25) is 0 Å². The van der Waals surface area contributed by atoms with E-state index in [9.17, 15) is 0 Å². The number of halogens is 1. The van der Waals surface area contributed by atoms with Crippen LogP contribution in [0.15, 0.2) is 22.7 Å². The van der Waals surface area contributed by atoms with E-state index in [1.807, 2.05) is 12.1 Å². The maximum absolute atomic E-state index is 5.28. The smallest absolute Gasteiger partial charge is 0.121 e. The third kappa shape index (κ3) is 3.64. The Kier molecular flexibility index (Phi) is 4.93. The van der Waals surface area contributed by atoms with Gasteiger partial charge in [0.05, 0.1) is 12.8 Å². The van der Waals surface area contributed by atoms with Crippen molar-refractivity contribution >= 4 is 21.6 Å². The van der Waals surface area contributed by atoms with Crippen molar-refractivity contribution in [2.75, 3.05) is 12.4 Å². The van der Waals surface area contributed by atoms with E-state index < -0.39 is 0 Å². The fraction of sp³-hybridized carbons (Fsp3) is 0.600. The lowest BCUT2D eigenvalue weighted by molar-refractivity contribution is 0.415. The van der Waals surface area contributed by atoms with Crippen molar-refractivity contribution in [3.63, 3.8) is 0 Å². The minimum atomic E-state index is 0.596. The van der Waals surface area contributed by atoms with Crippen LogP contribution in [-0.2, 0) is 0 Å². The third-order valence-corrected chi connectivity index (χ3v) is 4.48. The van der Waals surface area contributed by atoms with E-state index in [0.29, 0.717) is 6.04 Å². The second-order valence-electron chi connectivity index (χ2n) is 5.30. The van der Waals surface area contributed by atoms with Crippen molar-refractivity contribution in [2.45, 2.75) is 45.1 Å². The highest BCUT2D eigenvalue weighted by molar-refractivity contribution is 9.10. The Morgan fingerprint density at radius 1 is 1.22 bits per heavy atom. The van der Waals surface area contributed by atoms with E-state index in [1.165, 1.54) is 32.1 Å². The van der Waals surface area contributed by atoms with Gasteiger partial charge >= 0.3 is 0 Å². The molecule has 0 saturated heterocycles. The molecule has 1 N–H and O–H groups in total. The van der Waals surface area contributed by atoms with Crippen molar-refractivity contribution in [3.8, 4) is 5.75 Å². The molecule has 0 bridgehead atoms. The minimum absolute atomic E-state index is 0.596. The predicted molar refractivity (Wildman–Crippen MR) is 80.4 cm³/mol. The van der Waals surface area contributed by atoms with Crippen molar-refractivity contribution < 1.29 is 4.74 Å². The summed E-state index contributed by atoms with van der Waals surface area (Å²) in [5.41, 5.74) is 1.15. The molecule has 1 aliphatic carbocycles. The summed E-state index contributed by atoms with van der Waals surface area (Å²) in [7, 11) is 1.71. The van der Waals surface area contributed by atoms with E-state index >= 15 is 0 Å². The quantitative estimate of drug-likeness (QED) is 0.807. The number of benzene rings is 1. The van der Waals surface area contributed by atoms with E-state index in [0.717, 1.165) is 21.8 Å². The molecule has 0 radical (unpaired) electrons. The summed E-state index contributed by atoms with van der Waals surface area (Å²) in [6.07, 6.45) is 6.58. The first-order chi connectivity index (χ1) is 8.69. The first kappa shape index (κ1) is 13.7. The average molecular weight is 312 g/mol. The molecule has 100 valence electrons. The number of hydrogen-bond donors (Lipinski definition) is 1. The molecule has 18 heavy (non-hydrogen) atoms. The fourth-order valence-corrected chi connectivity index (χ4v) is 2.95. The molecule has 1 aromatic carbocycles. The Morgan fingerprint density at radius 2 is 2.06 bits per heavy atom. The molecule has 2 unspecified atom stereocenters. The van der Waals surface area contributed by atoms with Crippen LogP contribution in [0, 0.1) is 5.92 Å². The molecular formula is C15H22BrNO. The van der Waals surface area contributed by atoms with Gasteiger partial charge in [-0.25, -0.2) is 0 Å². The Morgan fingerprint density at radius 3 is 2.83 bits per heavy atom. The number of methoxy groups -OCH3 is 1. The Hall–Kier alpha value is -0.700. The normalized spacial score (nSPS) is 24.4. The van der Waals surface area contributed by atoms with Gasteiger partial charge < -0.3 is 10.1 Å². The second-order valence-corrected chi connectivity index (χ2v) is 6.15. The fourth-order valence-electron chi connectivity index (χ4n) is 2.59. The summed E-state index contributed by atoms with van der Waals surface area (Å²) in [5, 5.41) is 3.66. The molecule has 1 saturated carbocycles.